The van der Waals surface area contributed by atoms with Crippen LogP contribution in [0.4, 0.5) is 11.4 Å². The molecule has 3 N–H and O–H groups in total. The lowest BCUT2D eigenvalue weighted by molar-refractivity contribution is 0.319. The van der Waals surface area contributed by atoms with E-state index in [1.807, 2.05) is 36.0 Å². The van der Waals surface area contributed by atoms with Crippen molar-refractivity contribution in [2.24, 2.45) is 7.05 Å². The van der Waals surface area contributed by atoms with E-state index in [2.05, 4.69) is 17.3 Å². The van der Waals surface area contributed by atoms with E-state index < -0.39 is 0 Å². The molecule has 0 saturated carbocycles. The molecular formula is C14H20N4O. The van der Waals surface area contributed by atoms with Crippen LogP contribution in [0.25, 0.3) is 0 Å². The van der Waals surface area contributed by atoms with Gasteiger partial charge in [0, 0.05) is 13.2 Å². The van der Waals surface area contributed by atoms with Crippen LogP contribution < -0.4 is 15.8 Å². The number of aryl methyl sites for hydroxylation is 1. The Morgan fingerprint density at radius 1 is 1.37 bits per heavy atom. The maximum atomic E-state index is 6.09. The van der Waals surface area contributed by atoms with Gasteiger partial charge >= 0.3 is 0 Å². The largest absolute Gasteiger partial charge is 0.491 e. The van der Waals surface area contributed by atoms with E-state index in [0.717, 1.165) is 23.6 Å². The molecule has 102 valence electrons. The summed E-state index contributed by atoms with van der Waals surface area (Å²) in [6.45, 7) is 3.42. The molecule has 1 heterocycles. The molecule has 2 rings (SSSR count). The van der Waals surface area contributed by atoms with Crippen LogP contribution in [0, 0.1) is 0 Å². The predicted octanol–water partition coefficient (Wildman–Crippen LogP) is 2.40. The number of hydrogen-bond donors (Lipinski definition) is 2. The second-order valence-electron chi connectivity index (χ2n) is 4.37. The highest BCUT2D eigenvalue weighted by molar-refractivity contribution is 5.72. The Morgan fingerprint density at radius 2 is 2.21 bits per heavy atom. The zero-order chi connectivity index (χ0) is 13.7. The first-order valence-corrected chi connectivity index (χ1v) is 6.44. The van der Waals surface area contributed by atoms with Gasteiger partial charge in [-0.25, -0.2) is 0 Å². The number of nitrogen functional groups attached to an aromatic ring is 1. The van der Waals surface area contributed by atoms with Gasteiger partial charge in [-0.1, -0.05) is 13.0 Å². The average molecular weight is 260 g/mol. The SMILES string of the molecule is CCCOc1cccc(NCc2ccnn2C)c1N. The van der Waals surface area contributed by atoms with Gasteiger partial charge in [-0.15, -0.1) is 0 Å². The van der Waals surface area contributed by atoms with Crippen molar-refractivity contribution in [1.82, 2.24) is 9.78 Å². The van der Waals surface area contributed by atoms with Gasteiger partial charge in [0.25, 0.3) is 0 Å². The van der Waals surface area contributed by atoms with Crippen LogP contribution in [-0.2, 0) is 13.6 Å². The predicted molar refractivity (Wildman–Crippen MR) is 77.2 cm³/mol. The summed E-state index contributed by atoms with van der Waals surface area (Å²) in [5, 5.41) is 7.44. The van der Waals surface area contributed by atoms with Gasteiger partial charge in [0.2, 0.25) is 0 Å². The topological polar surface area (TPSA) is 65.1 Å². The molecule has 2 aromatic rings. The van der Waals surface area contributed by atoms with E-state index in [4.69, 9.17) is 10.5 Å². The number of ether oxygens (including phenoxy) is 1. The number of nitrogens with zero attached hydrogens (tertiary/aromatic N) is 2. The summed E-state index contributed by atoms with van der Waals surface area (Å²) in [5.41, 5.74) is 8.72. The van der Waals surface area contributed by atoms with Crippen molar-refractivity contribution in [1.29, 1.82) is 0 Å². The number of rotatable bonds is 6. The zero-order valence-electron chi connectivity index (χ0n) is 11.4. The molecule has 0 aliphatic rings. The van der Waals surface area contributed by atoms with Gasteiger partial charge in [0.1, 0.15) is 5.75 Å². The van der Waals surface area contributed by atoms with E-state index in [-0.39, 0.29) is 0 Å². The smallest absolute Gasteiger partial charge is 0.144 e. The van der Waals surface area contributed by atoms with Crippen LogP contribution in [0.2, 0.25) is 0 Å². The lowest BCUT2D eigenvalue weighted by atomic mass is 10.2. The first-order valence-electron chi connectivity index (χ1n) is 6.44. The molecule has 5 heteroatoms. The fourth-order valence-corrected chi connectivity index (χ4v) is 1.80. The second kappa shape index (κ2) is 6.13. The van der Waals surface area contributed by atoms with Crippen LogP contribution in [0.1, 0.15) is 19.0 Å². The van der Waals surface area contributed by atoms with Crippen molar-refractivity contribution >= 4 is 11.4 Å². The number of nitrogens with two attached hydrogens (primary N) is 1. The summed E-state index contributed by atoms with van der Waals surface area (Å²) in [6.07, 6.45) is 2.74. The van der Waals surface area contributed by atoms with Crippen molar-refractivity contribution in [2.75, 3.05) is 17.7 Å². The number of benzene rings is 1. The maximum Gasteiger partial charge on any atom is 0.144 e. The number of para-hydroxylation sites is 1. The van der Waals surface area contributed by atoms with Gasteiger partial charge in [-0.2, -0.15) is 5.10 Å². The van der Waals surface area contributed by atoms with E-state index >= 15 is 0 Å². The minimum Gasteiger partial charge on any atom is -0.491 e. The van der Waals surface area contributed by atoms with Gasteiger partial charge in [-0.3, -0.25) is 4.68 Å². The first-order chi connectivity index (χ1) is 9.22. The molecule has 0 amide bonds. The monoisotopic (exact) mass is 260 g/mol. The minimum atomic E-state index is 0.651. The summed E-state index contributed by atoms with van der Waals surface area (Å²) in [6, 6.07) is 7.75. The molecule has 0 atom stereocenters. The van der Waals surface area contributed by atoms with Crippen LogP contribution in [0.5, 0.6) is 5.75 Å². The molecule has 5 nitrogen and oxygen atoms in total. The fraction of sp³-hybridized carbons (Fsp3) is 0.357. The zero-order valence-corrected chi connectivity index (χ0v) is 11.4. The molecule has 0 aliphatic carbocycles. The second-order valence-corrected chi connectivity index (χ2v) is 4.37. The van der Waals surface area contributed by atoms with Crippen molar-refractivity contribution in [3.63, 3.8) is 0 Å². The fourth-order valence-electron chi connectivity index (χ4n) is 1.80. The quantitative estimate of drug-likeness (QED) is 0.783. The van der Waals surface area contributed by atoms with Gasteiger partial charge in [0.15, 0.2) is 0 Å². The number of aromatic nitrogens is 2. The minimum absolute atomic E-state index is 0.651. The van der Waals surface area contributed by atoms with Gasteiger partial charge in [0.05, 0.1) is 30.2 Å². The first kappa shape index (κ1) is 13.3. The van der Waals surface area contributed by atoms with Crippen molar-refractivity contribution < 1.29 is 4.74 Å². The Morgan fingerprint density at radius 3 is 2.89 bits per heavy atom. The Bertz CT molecular complexity index is 536. The summed E-state index contributed by atoms with van der Waals surface area (Å²) < 4.78 is 7.44. The van der Waals surface area contributed by atoms with Crippen LogP contribution in [-0.4, -0.2) is 16.4 Å². The molecule has 0 saturated heterocycles. The molecule has 1 aromatic carbocycles. The lowest BCUT2D eigenvalue weighted by Crippen LogP contribution is -2.08. The molecule has 0 aliphatic heterocycles. The Labute approximate surface area is 113 Å². The number of nitrogens with one attached hydrogen (secondary N) is 1. The highest BCUT2D eigenvalue weighted by Crippen LogP contribution is 2.29. The highest BCUT2D eigenvalue weighted by atomic mass is 16.5. The highest BCUT2D eigenvalue weighted by Gasteiger charge is 2.06. The molecule has 0 unspecified atom stereocenters. The summed E-state index contributed by atoms with van der Waals surface area (Å²) in [7, 11) is 1.92. The number of anilines is 2. The summed E-state index contributed by atoms with van der Waals surface area (Å²) >= 11 is 0. The summed E-state index contributed by atoms with van der Waals surface area (Å²) in [4.78, 5) is 0. The standard InChI is InChI=1S/C14H20N4O/c1-3-9-19-13-6-4-5-12(14(13)15)16-10-11-7-8-17-18(11)2/h4-8,16H,3,9-10,15H2,1-2H3. The molecule has 1 aromatic heterocycles. The van der Waals surface area contributed by atoms with Gasteiger partial charge < -0.3 is 15.8 Å². The van der Waals surface area contributed by atoms with E-state index in [0.29, 0.717) is 18.8 Å². The van der Waals surface area contributed by atoms with Crippen LogP contribution in [0.3, 0.4) is 0 Å². The molecule has 0 spiro atoms. The number of hydrogen-bond acceptors (Lipinski definition) is 4. The Balaban J connectivity index is 2.06. The third kappa shape index (κ3) is 3.19. The lowest BCUT2D eigenvalue weighted by Gasteiger charge is -2.13. The normalized spacial score (nSPS) is 10.4. The van der Waals surface area contributed by atoms with Gasteiger partial charge in [-0.05, 0) is 24.6 Å². The molecule has 0 bridgehead atoms. The van der Waals surface area contributed by atoms with Crippen molar-refractivity contribution in [3.8, 4) is 5.75 Å². The molecule has 19 heavy (non-hydrogen) atoms. The average Bonchev–Trinajstić information content (AvgIpc) is 2.82. The third-order valence-corrected chi connectivity index (χ3v) is 2.91. The van der Waals surface area contributed by atoms with Crippen LogP contribution >= 0.6 is 0 Å². The molecular weight excluding hydrogens is 240 g/mol. The summed E-state index contributed by atoms with van der Waals surface area (Å²) in [5.74, 6) is 0.733. The Hall–Kier alpha value is -2.17. The van der Waals surface area contributed by atoms with Crippen molar-refractivity contribution in [2.45, 2.75) is 19.9 Å². The third-order valence-electron chi connectivity index (χ3n) is 2.91. The van der Waals surface area contributed by atoms with E-state index in [1.165, 1.54) is 0 Å². The Kier molecular flexibility index (Phi) is 4.28. The van der Waals surface area contributed by atoms with E-state index in [9.17, 15) is 0 Å². The maximum absolute atomic E-state index is 6.09. The van der Waals surface area contributed by atoms with Crippen LogP contribution in [0.15, 0.2) is 30.5 Å². The molecule has 0 radical (unpaired) electrons. The van der Waals surface area contributed by atoms with E-state index in [1.54, 1.807) is 6.20 Å². The van der Waals surface area contributed by atoms with Crippen molar-refractivity contribution in [3.05, 3.63) is 36.2 Å². The molecule has 0 fully saturated rings.